The van der Waals surface area contributed by atoms with E-state index in [0.29, 0.717) is 0 Å². The van der Waals surface area contributed by atoms with Crippen molar-refractivity contribution in [3.05, 3.63) is 0 Å². The lowest BCUT2D eigenvalue weighted by Gasteiger charge is -2.42. The van der Waals surface area contributed by atoms with Gasteiger partial charge in [0.05, 0.1) is 13.2 Å². The average molecular weight is 225 g/mol. The van der Waals surface area contributed by atoms with E-state index in [1.54, 1.807) is 0 Å². The molecule has 2 heteroatoms. The molecule has 0 radical (unpaired) electrons. The summed E-state index contributed by atoms with van der Waals surface area (Å²) in [6, 6.07) is 0.842. The first-order valence-corrected chi connectivity index (χ1v) is 7.00. The molecule has 2 rings (SSSR count). The van der Waals surface area contributed by atoms with Crippen LogP contribution in [0, 0.1) is 17.8 Å². The van der Waals surface area contributed by atoms with Crippen LogP contribution in [0.15, 0.2) is 0 Å². The lowest BCUT2D eigenvalue weighted by atomic mass is 9.72. The van der Waals surface area contributed by atoms with Gasteiger partial charge in [0.1, 0.15) is 0 Å². The van der Waals surface area contributed by atoms with Crippen molar-refractivity contribution in [2.24, 2.45) is 17.8 Å². The fraction of sp³-hybridized carbons (Fsp3) is 1.00. The van der Waals surface area contributed by atoms with E-state index in [-0.39, 0.29) is 0 Å². The van der Waals surface area contributed by atoms with Crippen LogP contribution in [-0.2, 0) is 4.74 Å². The molecule has 0 aromatic carbocycles. The largest absolute Gasteiger partial charge is 0.379 e. The lowest BCUT2D eigenvalue weighted by Crippen LogP contribution is -2.46. The summed E-state index contributed by atoms with van der Waals surface area (Å²) < 4.78 is 5.44. The number of nitrogens with zero attached hydrogens (tertiary/aromatic N) is 1. The van der Waals surface area contributed by atoms with E-state index in [0.717, 1.165) is 50.1 Å². The predicted molar refractivity (Wildman–Crippen MR) is 67.5 cm³/mol. The molecule has 3 atom stereocenters. The van der Waals surface area contributed by atoms with E-state index in [1.165, 1.54) is 19.3 Å². The van der Waals surface area contributed by atoms with Gasteiger partial charge in [-0.05, 0) is 37.0 Å². The Morgan fingerprint density at radius 3 is 2.38 bits per heavy atom. The van der Waals surface area contributed by atoms with Gasteiger partial charge in [0, 0.05) is 19.1 Å². The van der Waals surface area contributed by atoms with Gasteiger partial charge in [0.15, 0.2) is 0 Å². The number of hydrogen-bond donors (Lipinski definition) is 0. The SMILES string of the molecule is CC(C)C1CCC(N2CCOCC2)CC1C. The number of morpholine rings is 1. The van der Waals surface area contributed by atoms with Gasteiger partial charge in [-0.25, -0.2) is 0 Å². The minimum atomic E-state index is 0.842. The summed E-state index contributed by atoms with van der Waals surface area (Å²) in [5, 5.41) is 0. The van der Waals surface area contributed by atoms with E-state index in [9.17, 15) is 0 Å². The molecule has 3 unspecified atom stereocenters. The van der Waals surface area contributed by atoms with E-state index in [4.69, 9.17) is 4.74 Å². The topological polar surface area (TPSA) is 12.5 Å². The van der Waals surface area contributed by atoms with Crippen LogP contribution in [0.4, 0.5) is 0 Å². The zero-order chi connectivity index (χ0) is 11.5. The highest BCUT2D eigenvalue weighted by molar-refractivity contribution is 4.85. The molecule has 1 saturated carbocycles. The van der Waals surface area contributed by atoms with Crippen LogP contribution in [-0.4, -0.2) is 37.2 Å². The van der Waals surface area contributed by atoms with Crippen LogP contribution in [0.3, 0.4) is 0 Å². The average Bonchev–Trinajstić information content (AvgIpc) is 2.29. The Labute approximate surface area is 100 Å². The summed E-state index contributed by atoms with van der Waals surface area (Å²) in [4.78, 5) is 2.66. The first-order valence-electron chi connectivity index (χ1n) is 7.00. The molecule has 94 valence electrons. The fourth-order valence-corrected chi connectivity index (χ4v) is 3.66. The zero-order valence-corrected chi connectivity index (χ0v) is 11.1. The smallest absolute Gasteiger partial charge is 0.0594 e. The third-order valence-electron chi connectivity index (χ3n) is 4.63. The van der Waals surface area contributed by atoms with Gasteiger partial charge in [0.2, 0.25) is 0 Å². The van der Waals surface area contributed by atoms with Crippen LogP contribution >= 0.6 is 0 Å². The third-order valence-corrected chi connectivity index (χ3v) is 4.63. The van der Waals surface area contributed by atoms with Crippen molar-refractivity contribution in [3.8, 4) is 0 Å². The van der Waals surface area contributed by atoms with E-state index >= 15 is 0 Å². The van der Waals surface area contributed by atoms with Crippen LogP contribution in [0.1, 0.15) is 40.0 Å². The summed E-state index contributed by atoms with van der Waals surface area (Å²) in [6.07, 6.45) is 4.25. The van der Waals surface area contributed by atoms with E-state index in [1.807, 2.05) is 0 Å². The maximum absolute atomic E-state index is 5.44. The van der Waals surface area contributed by atoms with Crippen molar-refractivity contribution >= 4 is 0 Å². The summed E-state index contributed by atoms with van der Waals surface area (Å²) in [5.74, 6) is 2.72. The minimum absolute atomic E-state index is 0.842. The summed E-state index contributed by atoms with van der Waals surface area (Å²) >= 11 is 0. The van der Waals surface area contributed by atoms with Gasteiger partial charge in [-0.15, -0.1) is 0 Å². The normalized spacial score (nSPS) is 37.9. The Kier molecular flexibility index (Phi) is 4.26. The van der Waals surface area contributed by atoms with Crippen molar-refractivity contribution in [2.75, 3.05) is 26.3 Å². The summed E-state index contributed by atoms with van der Waals surface area (Å²) in [7, 11) is 0. The second kappa shape index (κ2) is 5.50. The molecular weight excluding hydrogens is 198 g/mol. The van der Waals surface area contributed by atoms with Crippen molar-refractivity contribution < 1.29 is 4.74 Å². The maximum atomic E-state index is 5.44. The molecule has 0 aromatic heterocycles. The van der Waals surface area contributed by atoms with Gasteiger partial charge < -0.3 is 4.74 Å². The molecule has 0 N–H and O–H groups in total. The monoisotopic (exact) mass is 225 g/mol. The molecular formula is C14H27NO. The van der Waals surface area contributed by atoms with Gasteiger partial charge in [-0.2, -0.15) is 0 Å². The maximum Gasteiger partial charge on any atom is 0.0594 e. The first-order chi connectivity index (χ1) is 7.68. The van der Waals surface area contributed by atoms with Crippen LogP contribution in [0.25, 0.3) is 0 Å². The molecule has 1 saturated heterocycles. The highest BCUT2D eigenvalue weighted by Crippen LogP contribution is 2.36. The van der Waals surface area contributed by atoms with Gasteiger partial charge in [-0.1, -0.05) is 20.8 Å². The van der Waals surface area contributed by atoms with Crippen molar-refractivity contribution in [1.82, 2.24) is 4.90 Å². The van der Waals surface area contributed by atoms with E-state index < -0.39 is 0 Å². The summed E-state index contributed by atoms with van der Waals surface area (Å²) in [6.45, 7) is 11.4. The number of rotatable bonds is 2. The van der Waals surface area contributed by atoms with Crippen LogP contribution in [0.5, 0.6) is 0 Å². The van der Waals surface area contributed by atoms with Crippen LogP contribution < -0.4 is 0 Å². The molecule has 1 aliphatic carbocycles. The minimum Gasteiger partial charge on any atom is -0.379 e. The summed E-state index contributed by atoms with van der Waals surface area (Å²) in [5.41, 5.74) is 0. The second-order valence-electron chi connectivity index (χ2n) is 6.00. The molecule has 1 aliphatic heterocycles. The Bertz CT molecular complexity index is 211. The number of ether oxygens (including phenoxy) is 1. The molecule has 16 heavy (non-hydrogen) atoms. The predicted octanol–water partition coefficient (Wildman–Crippen LogP) is 2.78. The molecule has 0 spiro atoms. The Hall–Kier alpha value is -0.0800. The first kappa shape index (κ1) is 12.4. The molecule has 2 aliphatic rings. The third kappa shape index (κ3) is 2.78. The molecule has 2 fully saturated rings. The Morgan fingerprint density at radius 2 is 1.81 bits per heavy atom. The Balaban J connectivity index is 1.86. The molecule has 0 amide bonds. The van der Waals surface area contributed by atoms with Crippen molar-refractivity contribution in [2.45, 2.75) is 46.1 Å². The molecule has 2 nitrogen and oxygen atoms in total. The molecule has 1 heterocycles. The molecule has 0 bridgehead atoms. The Morgan fingerprint density at radius 1 is 1.12 bits per heavy atom. The number of hydrogen-bond acceptors (Lipinski definition) is 2. The second-order valence-corrected chi connectivity index (χ2v) is 6.00. The van der Waals surface area contributed by atoms with Crippen molar-refractivity contribution in [1.29, 1.82) is 0 Å². The van der Waals surface area contributed by atoms with Gasteiger partial charge >= 0.3 is 0 Å². The van der Waals surface area contributed by atoms with E-state index in [2.05, 4.69) is 25.7 Å². The fourth-order valence-electron chi connectivity index (χ4n) is 3.66. The van der Waals surface area contributed by atoms with Crippen molar-refractivity contribution in [3.63, 3.8) is 0 Å². The van der Waals surface area contributed by atoms with Gasteiger partial charge in [-0.3, -0.25) is 4.90 Å². The molecule has 0 aromatic rings. The highest BCUT2D eigenvalue weighted by Gasteiger charge is 2.32. The zero-order valence-electron chi connectivity index (χ0n) is 11.1. The highest BCUT2D eigenvalue weighted by atomic mass is 16.5. The quantitative estimate of drug-likeness (QED) is 0.716. The van der Waals surface area contributed by atoms with Gasteiger partial charge in [0.25, 0.3) is 0 Å². The lowest BCUT2D eigenvalue weighted by molar-refractivity contribution is -0.00584. The standard InChI is InChI=1S/C14H27NO/c1-11(2)14-5-4-13(10-12(14)3)15-6-8-16-9-7-15/h11-14H,4-10H2,1-3H3. The van der Waals surface area contributed by atoms with Crippen LogP contribution in [0.2, 0.25) is 0 Å².